The van der Waals surface area contributed by atoms with Crippen LogP contribution in [0, 0.1) is 0 Å². The van der Waals surface area contributed by atoms with Crippen LogP contribution in [0.25, 0.3) is 11.4 Å². The van der Waals surface area contributed by atoms with Crippen LogP contribution in [0.1, 0.15) is 42.1 Å². The van der Waals surface area contributed by atoms with Crippen molar-refractivity contribution in [3.05, 3.63) is 53.0 Å². The standard InChI is InChI=1S/C18H19N3OS/c22-18(14-8-11-23-12-14)20-15-3-5-16(6-4-15)21-10-1-2-13-7-9-19-17(13)21/h1-2,7-12,15-16H,3-6H2,(H,20,22). The molecule has 1 saturated carbocycles. The monoisotopic (exact) mass is 325 g/mol. The van der Waals surface area contributed by atoms with Crippen LogP contribution in [0.2, 0.25) is 0 Å². The van der Waals surface area contributed by atoms with Gasteiger partial charge >= 0.3 is 0 Å². The highest BCUT2D eigenvalue weighted by molar-refractivity contribution is 7.08. The SMILES string of the molecule is O=C(NC1CCC(n2cccc3ccnc2-3)CC1)c1ccsc1. The van der Waals surface area contributed by atoms with Crippen molar-refractivity contribution in [2.45, 2.75) is 37.8 Å². The maximum Gasteiger partial charge on any atom is 0.252 e. The van der Waals surface area contributed by atoms with E-state index in [-0.39, 0.29) is 11.9 Å². The van der Waals surface area contributed by atoms with Crippen molar-refractivity contribution < 1.29 is 4.79 Å². The number of rotatable bonds is 3. The summed E-state index contributed by atoms with van der Waals surface area (Å²) in [6.07, 6.45) is 8.18. The number of hydrogen-bond donors (Lipinski definition) is 1. The molecule has 1 aromatic rings. The summed E-state index contributed by atoms with van der Waals surface area (Å²) in [6.45, 7) is 0. The Balaban J connectivity index is 1.40. The molecule has 118 valence electrons. The van der Waals surface area contributed by atoms with E-state index >= 15 is 0 Å². The van der Waals surface area contributed by atoms with Gasteiger partial charge < -0.3 is 9.88 Å². The molecule has 3 heterocycles. The Labute approximate surface area is 139 Å². The molecular formula is C18H19N3OS. The van der Waals surface area contributed by atoms with Crippen LogP contribution in [-0.4, -0.2) is 21.5 Å². The molecule has 5 heteroatoms. The molecule has 23 heavy (non-hydrogen) atoms. The molecule has 0 aromatic carbocycles. The Hall–Kier alpha value is -2.14. The number of nitrogens with zero attached hydrogens (tertiary/aromatic N) is 2. The van der Waals surface area contributed by atoms with Crippen LogP contribution in [0.5, 0.6) is 0 Å². The van der Waals surface area contributed by atoms with Gasteiger partial charge in [-0.3, -0.25) is 4.79 Å². The molecular weight excluding hydrogens is 306 g/mol. The Bertz CT molecular complexity index is 756. The van der Waals surface area contributed by atoms with Gasteiger partial charge in [0.15, 0.2) is 0 Å². The zero-order chi connectivity index (χ0) is 15.6. The molecule has 3 aliphatic rings. The molecule has 1 amide bonds. The third kappa shape index (κ3) is 2.88. The number of aromatic nitrogens is 2. The summed E-state index contributed by atoms with van der Waals surface area (Å²) in [4.78, 5) is 16.6. The minimum Gasteiger partial charge on any atom is -0.349 e. The first kappa shape index (κ1) is 14.5. The van der Waals surface area contributed by atoms with E-state index < -0.39 is 0 Å². The fraction of sp³-hybridized carbons (Fsp3) is 0.333. The summed E-state index contributed by atoms with van der Waals surface area (Å²) in [6, 6.07) is 8.89. The summed E-state index contributed by atoms with van der Waals surface area (Å²) in [5.74, 6) is 1.13. The van der Waals surface area contributed by atoms with E-state index in [9.17, 15) is 4.79 Å². The summed E-state index contributed by atoms with van der Waals surface area (Å²) < 4.78 is 2.30. The maximum absolute atomic E-state index is 12.1. The lowest BCUT2D eigenvalue weighted by Crippen LogP contribution is -2.37. The summed E-state index contributed by atoms with van der Waals surface area (Å²) >= 11 is 1.56. The number of pyridine rings is 1. The fourth-order valence-corrected chi connectivity index (χ4v) is 4.08. The van der Waals surface area contributed by atoms with E-state index in [0.717, 1.165) is 37.1 Å². The van der Waals surface area contributed by atoms with Gasteiger partial charge in [0.25, 0.3) is 5.91 Å². The fourth-order valence-electron chi connectivity index (χ4n) is 3.45. The van der Waals surface area contributed by atoms with Crippen molar-refractivity contribution in [2.24, 2.45) is 0 Å². The van der Waals surface area contributed by atoms with Gasteiger partial charge in [-0.1, -0.05) is 0 Å². The van der Waals surface area contributed by atoms with Gasteiger partial charge in [-0.15, -0.1) is 0 Å². The summed E-state index contributed by atoms with van der Waals surface area (Å²) in [5.41, 5.74) is 1.97. The molecule has 0 spiro atoms. The summed E-state index contributed by atoms with van der Waals surface area (Å²) in [5, 5.41) is 7.01. The second-order valence-electron chi connectivity index (χ2n) is 6.13. The van der Waals surface area contributed by atoms with Crippen LogP contribution >= 0.6 is 11.3 Å². The largest absolute Gasteiger partial charge is 0.349 e. The molecule has 1 aliphatic carbocycles. The molecule has 4 rings (SSSR count). The Morgan fingerprint density at radius 2 is 2.09 bits per heavy atom. The molecule has 0 saturated heterocycles. The molecule has 1 fully saturated rings. The van der Waals surface area contributed by atoms with Crippen LogP contribution in [-0.2, 0) is 0 Å². The normalized spacial score (nSPS) is 21.4. The third-order valence-electron chi connectivity index (χ3n) is 4.68. The number of hydrogen-bond acceptors (Lipinski definition) is 3. The van der Waals surface area contributed by atoms with E-state index in [4.69, 9.17) is 0 Å². The molecule has 0 bridgehead atoms. The first-order chi connectivity index (χ1) is 11.3. The third-order valence-corrected chi connectivity index (χ3v) is 5.37. The highest BCUT2D eigenvalue weighted by Gasteiger charge is 2.25. The summed E-state index contributed by atoms with van der Waals surface area (Å²) in [7, 11) is 0. The molecule has 0 unspecified atom stereocenters. The lowest BCUT2D eigenvalue weighted by Gasteiger charge is -2.31. The number of thiophene rings is 1. The second kappa shape index (κ2) is 6.16. The Kier molecular flexibility index (Phi) is 3.87. The lowest BCUT2D eigenvalue weighted by molar-refractivity contribution is 0.0923. The van der Waals surface area contributed by atoms with Gasteiger partial charge in [-0.2, -0.15) is 11.3 Å². The van der Waals surface area contributed by atoms with E-state index in [1.165, 1.54) is 5.56 Å². The van der Waals surface area contributed by atoms with Crippen LogP contribution in [0.4, 0.5) is 0 Å². The van der Waals surface area contributed by atoms with E-state index in [2.05, 4.69) is 39.3 Å². The molecule has 1 aromatic heterocycles. The second-order valence-corrected chi connectivity index (χ2v) is 6.91. The number of carbonyl (C=O) groups excluding carboxylic acids is 1. The van der Waals surface area contributed by atoms with Crippen LogP contribution in [0.15, 0.2) is 47.4 Å². The van der Waals surface area contributed by atoms with Gasteiger partial charge in [0, 0.05) is 41.0 Å². The van der Waals surface area contributed by atoms with Crippen LogP contribution < -0.4 is 5.32 Å². The minimum atomic E-state index is 0.0576. The van der Waals surface area contributed by atoms with Crippen molar-refractivity contribution in [2.75, 3.05) is 0 Å². The maximum atomic E-state index is 12.1. The molecule has 0 radical (unpaired) electrons. The average Bonchev–Trinajstić information content (AvgIpc) is 3.26. The van der Waals surface area contributed by atoms with Crippen molar-refractivity contribution in [1.29, 1.82) is 0 Å². The van der Waals surface area contributed by atoms with Crippen molar-refractivity contribution >= 4 is 17.2 Å². The predicted molar refractivity (Wildman–Crippen MR) is 91.9 cm³/mol. The van der Waals surface area contributed by atoms with Gasteiger partial charge in [0.1, 0.15) is 5.82 Å². The predicted octanol–water partition coefficient (Wildman–Crippen LogP) is 3.96. The molecule has 2 aliphatic heterocycles. The van der Waals surface area contributed by atoms with Gasteiger partial charge in [-0.05, 0) is 55.3 Å². The van der Waals surface area contributed by atoms with Gasteiger partial charge in [0.2, 0.25) is 0 Å². The van der Waals surface area contributed by atoms with Crippen LogP contribution in [0.3, 0.4) is 0 Å². The number of nitrogens with one attached hydrogen (secondary N) is 1. The van der Waals surface area contributed by atoms with Crippen molar-refractivity contribution in [1.82, 2.24) is 14.9 Å². The first-order valence-electron chi connectivity index (χ1n) is 8.06. The van der Waals surface area contributed by atoms with E-state index in [1.807, 2.05) is 23.0 Å². The first-order valence-corrected chi connectivity index (χ1v) is 9.00. The Morgan fingerprint density at radius 1 is 1.22 bits per heavy atom. The number of carbonyl (C=O) groups is 1. The smallest absolute Gasteiger partial charge is 0.252 e. The topological polar surface area (TPSA) is 46.9 Å². The number of amides is 1. The lowest BCUT2D eigenvalue weighted by atomic mass is 9.90. The average molecular weight is 325 g/mol. The molecule has 0 atom stereocenters. The molecule has 4 nitrogen and oxygen atoms in total. The van der Waals surface area contributed by atoms with E-state index in [1.54, 1.807) is 11.3 Å². The minimum absolute atomic E-state index is 0.0576. The van der Waals surface area contributed by atoms with E-state index in [0.29, 0.717) is 6.04 Å². The van der Waals surface area contributed by atoms with Crippen molar-refractivity contribution in [3.63, 3.8) is 0 Å². The number of fused-ring (bicyclic) bond motifs is 1. The van der Waals surface area contributed by atoms with Gasteiger partial charge in [-0.25, -0.2) is 4.98 Å². The zero-order valence-electron chi connectivity index (χ0n) is 12.8. The quantitative estimate of drug-likeness (QED) is 0.792. The highest BCUT2D eigenvalue weighted by Crippen LogP contribution is 2.32. The van der Waals surface area contributed by atoms with Gasteiger partial charge in [0.05, 0.1) is 0 Å². The highest BCUT2D eigenvalue weighted by atomic mass is 32.1. The Morgan fingerprint density at radius 3 is 2.87 bits per heavy atom. The molecule has 1 N–H and O–H groups in total. The van der Waals surface area contributed by atoms with Crippen molar-refractivity contribution in [3.8, 4) is 11.4 Å². The zero-order valence-corrected chi connectivity index (χ0v) is 13.6.